The van der Waals surface area contributed by atoms with E-state index in [0.717, 1.165) is 6.08 Å². The summed E-state index contributed by atoms with van der Waals surface area (Å²) in [7, 11) is 0. The van der Waals surface area contributed by atoms with E-state index in [1.54, 1.807) is 28.8 Å². The molecule has 0 atom stereocenters. The molecule has 1 aromatic carbocycles. The van der Waals surface area contributed by atoms with Crippen molar-refractivity contribution in [1.29, 1.82) is 0 Å². The fourth-order valence-electron chi connectivity index (χ4n) is 2.64. The Balaban J connectivity index is 1.77. The summed E-state index contributed by atoms with van der Waals surface area (Å²) in [5.74, 6) is -1.27. The van der Waals surface area contributed by atoms with E-state index in [0.29, 0.717) is 35.3 Å². The van der Waals surface area contributed by atoms with Gasteiger partial charge in [0.25, 0.3) is 11.8 Å². The van der Waals surface area contributed by atoms with E-state index in [1.165, 1.54) is 18.0 Å². The van der Waals surface area contributed by atoms with E-state index in [9.17, 15) is 14.0 Å². The van der Waals surface area contributed by atoms with Crippen LogP contribution in [0.2, 0.25) is 5.02 Å². The molecule has 130 valence electrons. The van der Waals surface area contributed by atoms with Gasteiger partial charge in [-0.25, -0.2) is 9.37 Å². The summed E-state index contributed by atoms with van der Waals surface area (Å²) in [5.41, 5.74) is 0.876. The Kier molecular flexibility index (Phi) is 4.85. The zero-order valence-corrected chi connectivity index (χ0v) is 14.3. The quantitative estimate of drug-likeness (QED) is 0.853. The number of rotatable bonds is 3. The van der Waals surface area contributed by atoms with Crippen molar-refractivity contribution in [3.8, 4) is 0 Å². The Labute approximate surface area is 148 Å². The first kappa shape index (κ1) is 17.2. The molecule has 0 aliphatic carbocycles. The molecule has 2 aromatic rings. The highest BCUT2D eigenvalue weighted by Gasteiger charge is 2.27. The van der Waals surface area contributed by atoms with Crippen molar-refractivity contribution < 1.29 is 14.0 Å². The van der Waals surface area contributed by atoms with Crippen LogP contribution in [0, 0.1) is 0 Å². The number of benzene rings is 1. The standard InChI is InChI=1S/C17H16ClFN4O2/c1-2-12(19)17(25)22-7-8-23-14(9-20-15(23)10-22)16(24)21-13-6-4-3-5-11(13)18/h2-6,9H,7-8,10H2,1H3,(H,21,24). The van der Waals surface area contributed by atoms with Crippen LogP contribution in [0.15, 0.2) is 42.4 Å². The number of para-hydroxylation sites is 1. The van der Waals surface area contributed by atoms with Crippen LogP contribution < -0.4 is 5.32 Å². The third-order valence-electron chi connectivity index (χ3n) is 3.96. The van der Waals surface area contributed by atoms with Crippen LogP contribution in [0.5, 0.6) is 0 Å². The lowest BCUT2D eigenvalue weighted by atomic mass is 10.3. The Bertz CT molecular complexity index is 862. The van der Waals surface area contributed by atoms with E-state index >= 15 is 0 Å². The normalized spacial score (nSPS) is 14.2. The summed E-state index contributed by atoms with van der Waals surface area (Å²) in [5, 5.41) is 3.18. The minimum atomic E-state index is -0.795. The zero-order valence-electron chi connectivity index (χ0n) is 13.5. The van der Waals surface area contributed by atoms with Gasteiger partial charge in [-0.15, -0.1) is 0 Å². The number of hydrogen-bond donors (Lipinski definition) is 1. The monoisotopic (exact) mass is 362 g/mol. The van der Waals surface area contributed by atoms with Crippen molar-refractivity contribution in [2.75, 3.05) is 11.9 Å². The van der Waals surface area contributed by atoms with Crippen molar-refractivity contribution in [2.45, 2.75) is 20.0 Å². The summed E-state index contributed by atoms with van der Waals surface area (Å²) in [4.78, 5) is 30.0. The van der Waals surface area contributed by atoms with E-state index in [4.69, 9.17) is 11.6 Å². The molecule has 3 rings (SSSR count). The van der Waals surface area contributed by atoms with Gasteiger partial charge in [-0.05, 0) is 25.1 Å². The second-order valence-electron chi connectivity index (χ2n) is 5.51. The smallest absolute Gasteiger partial charge is 0.282 e. The molecule has 0 spiro atoms. The van der Waals surface area contributed by atoms with Crippen LogP contribution in [-0.2, 0) is 17.9 Å². The maximum absolute atomic E-state index is 13.5. The minimum absolute atomic E-state index is 0.152. The molecular formula is C17H16ClFN4O2. The molecule has 1 aliphatic heterocycles. The van der Waals surface area contributed by atoms with Crippen molar-refractivity contribution in [1.82, 2.24) is 14.5 Å². The number of hydrogen-bond acceptors (Lipinski definition) is 3. The maximum Gasteiger partial charge on any atom is 0.282 e. The molecule has 25 heavy (non-hydrogen) atoms. The SMILES string of the molecule is CC=C(F)C(=O)N1CCn2c(C(=O)Nc3ccccc3Cl)cnc2C1. The van der Waals surface area contributed by atoms with Gasteiger partial charge in [-0.2, -0.15) is 0 Å². The number of aromatic nitrogens is 2. The van der Waals surface area contributed by atoms with Crippen LogP contribution in [0.4, 0.5) is 10.1 Å². The molecule has 2 amide bonds. The average Bonchev–Trinajstić information content (AvgIpc) is 3.05. The van der Waals surface area contributed by atoms with Crippen LogP contribution in [0.1, 0.15) is 23.2 Å². The lowest BCUT2D eigenvalue weighted by molar-refractivity contribution is -0.130. The second kappa shape index (κ2) is 7.06. The lowest BCUT2D eigenvalue weighted by Crippen LogP contribution is -2.39. The molecular weight excluding hydrogens is 347 g/mol. The Hall–Kier alpha value is -2.67. The first-order valence-corrected chi connectivity index (χ1v) is 8.10. The van der Waals surface area contributed by atoms with E-state index in [-0.39, 0.29) is 12.5 Å². The van der Waals surface area contributed by atoms with Crippen LogP contribution in [0.3, 0.4) is 0 Å². The van der Waals surface area contributed by atoms with Gasteiger partial charge in [0.1, 0.15) is 11.5 Å². The molecule has 2 heterocycles. The van der Waals surface area contributed by atoms with Crippen molar-refractivity contribution in [3.05, 3.63) is 58.9 Å². The van der Waals surface area contributed by atoms with Gasteiger partial charge >= 0.3 is 0 Å². The fraction of sp³-hybridized carbons (Fsp3) is 0.235. The van der Waals surface area contributed by atoms with Crippen LogP contribution >= 0.6 is 11.6 Å². The number of carbonyl (C=O) groups is 2. The van der Waals surface area contributed by atoms with Crippen LogP contribution in [-0.4, -0.2) is 32.8 Å². The third kappa shape index (κ3) is 3.41. The van der Waals surface area contributed by atoms with Gasteiger partial charge in [0.05, 0.1) is 23.5 Å². The molecule has 0 radical (unpaired) electrons. The minimum Gasteiger partial charge on any atom is -0.327 e. The molecule has 8 heteroatoms. The zero-order chi connectivity index (χ0) is 18.0. The van der Waals surface area contributed by atoms with Gasteiger partial charge in [0, 0.05) is 13.1 Å². The van der Waals surface area contributed by atoms with Gasteiger partial charge in [-0.1, -0.05) is 23.7 Å². The Morgan fingerprint density at radius 3 is 2.80 bits per heavy atom. The average molecular weight is 363 g/mol. The number of anilines is 1. The fourth-order valence-corrected chi connectivity index (χ4v) is 2.82. The number of imidazole rings is 1. The highest BCUT2D eigenvalue weighted by atomic mass is 35.5. The summed E-state index contributed by atoms with van der Waals surface area (Å²) >= 11 is 6.05. The lowest BCUT2D eigenvalue weighted by Gasteiger charge is -2.27. The summed E-state index contributed by atoms with van der Waals surface area (Å²) in [6.07, 6.45) is 2.58. The molecule has 0 saturated carbocycles. The van der Waals surface area contributed by atoms with Crippen molar-refractivity contribution in [2.24, 2.45) is 0 Å². The number of amides is 2. The number of nitrogens with one attached hydrogen (secondary N) is 1. The highest BCUT2D eigenvalue weighted by Crippen LogP contribution is 2.22. The predicted octanol–water partition coefficient (Wildman–Crippen LogP) is 3.00. The van der Waals surface area contributed by atoms with Gasteiger partial charge in [-0.3, -0.25) is 9.59 Å². The van der Waals surface area contributed by atoms with E-state index in [1.807, 2.05) is 0 Å². The maximum atomic E-state index is 13.5. The van der Waals surface area contributed by atoms with E-state index in [2.05, 4.69) is 10.3 Å². The van der Waals surface area contributed by atoms with Crippen molar-refractivity contribution >= 4 is 29.1 Å². The Morgan fingerprint density at radius 1 is 1.32 bits per heavy atom. The molecule has 0 unspecified atom stereocenters. The van der Waals surface area contributed by atoms with Crippen LogP contribution in [0.25, 0.3) is 0 Å². The third-order valence-corrected chi connectivity index (χ3v) is 4.29. The number of carbonyl (C=O) groups excluding carboxylic acids is 2. The van der Waals surface area contributed by atoms with Crippen molar-refractivity contribution in [3.63, 3.8) is 0 Å². The molecule has 1 aromatic heterocycles. The number of nitrogens with zero attached hydrogens (tertiary/aromatic N) is 3. The topological polar surface area (TPSA) is 67.2 Å². The van der Waals surface area contributed by atoms with Gasteiger partial charge in [0.15, 0.2) is 5.83 Å². The Morgan fingerprint density at radius 2 is 2.08 bits per heavy atom. The number of fused-ring (bicyclic) bond motifs is 1. The second-order valence-corrected chi connectivity index (χ2v) is 5.92. The predicted molar refractivity (Wildman–Crippen MR) is 91.9 cm³/mol. The molecule has 1 N–H and O–H groups in total. The van der Waals surface area contributed by atoms with Gasteiger partial charge in [0.2, 0.25) is 0 Å². The van der Waals surface area contributed by atoms with E-state index < -0.39 is 11.7 Å². The molecule has 0 saturated heterocycles. The first-order chi connectivity index (χ1) is 12.0. The molecule has 1 aliphatic rings. The summed E-state index contributed by atoms with van der Waals surface area (Å²) in [6.45, 7) is 2.29. The largest absolute Gasteiger partial charge is 0.327 e. The molecule has 6 nitrogen and oxygen atoms in total. The number of allylic oxidation sites excluding steroid dienone is 1. The van der Waals surface area contributed by atoms with Gasteiger partial charge < -0.3 is 14.8 Å². The number of halogens is 2. The summed E-state index contributed by atoms with van der Waals surface area (Å²) in [6, 6.07) is 6.93. The molecule has 0 fully saturated rings. The molecule has 0 bridgehead atoms. The summed E-state index contributed by atoms with van der Waals surface area (Å²) < 4.78 is 15.2. The first-order valence-electron chi connectivity index (χ1n) is 7.72. The highest BCUT2D eigenvalue weighted by molar-refractivity contribution is 6.33.